The number of carbonyl (C=O) groups is 1. The Labute approximate surface area is 123 Å². The molecule has 0 radical (unpaired) electrons. The molecule has 0 unspecified atom stereocenters. The molecule has 0 bridgehead atoms. The number of ether oxygens (including phenoxy) is 1. The molecule has 0 aliphatic heterocycles. The number of amides is 1. The molecule has 3 nitrogen and oxygen atoms in total. The summed E-state index contributed by atoms with van der Waals surface area (Å²) in [7, 11) is 1.78. The largest absolute Gasteiger partial charge is 0.435 e. The van der Waals surface area contributed by atoms with Gasteiger partial charge in [0.25, 0.3) is 0 Å². The summed E-state index contributed by atoms with van der Waals surface area (Å²) in [4.78, 5) is 13.8. The smallest absolute Gasteiger partial charge is 0.387 e. The SMILES string of the molecule is CN(Cc1ccc(OC(F)F)cc1)C(=O)CC1CCCC1. The fourth-order valence-corrected chi connectivity index (χ4v) is 2.76. The van der Waals surface area contributed by atoms with Gasteiger partial charge in [0.1, 0.15) is 5.75 Å². The van der Waals surface area contributed by atoms with Crippen LogP contribution in [0.15, 0.2) is 24.3 Å². The Kier molecular flexibility index (Phi) is 5.53. The maximum atomic E-state index is 12.1. The molecule has 1 aliphatic carbocycles. The van der Waals surface area contributed by atoms with E-state index in [0.29, 0.717) is 18.9 Å². The van der Waals surface area contributed by atoms with Gasteiger partial charge in [-0.1, -0.05) is 25.0 Å². The van der Waals surface area contributed by atoms with E-state index in [9.17, 15) is 13.6 Å². The fraction of sp³-hybridized carbons (Fsp3) is 0.562. The number of nitrogens with zero attached hydrogens (tertiary/aromatic N) is 1. The third kappa shape index (κ3) is 4.99. The Morgan fingerprint density at radius 1 is 1.29 bits per heavy atom. The Morgan fingerprint density at radius 2 is 1.90 bits per heavy atom. The lowest BCUT2D eigenvalue weighted by Gasteiger charge is -2.19. The number of alkyl halides is 2. The minimum atomic E-state index is -2.81. The predicted molar refractivity (Wildman–Crippen MR) is 76.1 cm³/mol. The van der Waals surface area contributed by atoms with Gasteiger partial charge < -0.3 is 9.64 Å². The molecular weight excluding hydrogens is 276 g/mol. The third-order valence-corrected chi connectivity index (χ3v) is 3.93. The second-order valence-corrected chi connectivity index (χ2v) is 5.63. The molecule has 0 saturated heterocycles. The molecule has 5 heteroatoms. The number of hydrogen-bond acceptors (Lipinski definition) is 2. The van der Waals surface area contributed by atoms with Gasteiger partial charge >= 0.3 is 6.61 Å². The first-order valence-corrected chi connectivity index (χ1v) is 7.32. The topological polar surface area (TPSA) is 29.5 Å². The van der Waals surface area contributed by atoms with Gasteiger partial charge in [0.2, 0.25) is 5.91 Å². The van der Waals surface area contributed by atoms with Gasteiger partial charge in [0.05, 0.1) is 0 Å². The van der Waals surface area contributed by atoms with E-state index in [2.05, 4.69) is 4.74 Å². The first-order chi connectivity index (χ1) is 10.0. The maximum Gasteiger partial charge on any atom is 0.387 e. The van der Waals surface area contributed by atoms with Crippen molar-refractivity contribution >= 4 is 5.91 Å². The van der Waals surface area contributed by atoms with E-state index in [0.717, 1.165) is 18.4 Å². The van der Waals surface area contributed by atoms with E-state index >= 15 is 0 Å². The average Bonchev–Trinajstić information content (AvgIpc) is 2.93. The normalized spacial score (nSPS) is 15.4. The summed E-state index contributed by atoms with van der Waals surface area (Å²) in [6, 6.07) is 6.40. The van der Waals surface area contributed by atoms with E-state index in [1.54, 1.807) is 24.1 Å². The van der Waals surface area contributed by atoms with Crippen molar-refractivity contribution in [2.24, 2.45) is 5.92 Å². The molecule has 0 N–H and O–H groups in total. The predicted octanol–water partition coefficient (Wildman–Crippen LogP) is 3.83. The Hall–Kier alpha value is -1.65. The Morgan fingerprint density at radius 3 is 2.48 bits per heavy atom. The van der Waals surface area contributed by atoms with E-state index < -0.39 is 6.61 Å². The average molecular weight is 297 g/mol. The highest BCUT2D eigenvalue weighted by Gasteiger charge is 2.20. The van der Waals surface area contributed by atoms with Crippen LogP contribution >= 0.6 is 0 Å². The highest BCUT2D eigenvalue weighted by Crippen LogP contribution is 2.28. The van der Waals surface area contributed by atoms with Crippen LogP contribution < -0.4 is 4.74 Å². The van der Waals surface area contributed by atoms with Crippen LogP contribution in [0.1, 0.15) is 37.7 Å². The number of benzene rings is 1. The highest BCUT2D eigenvalue weighted by molar-refractivity contribution is 5.76. The van der Waals surface area contributed by atoms with Crippen LogP contribution in [-0.2, 0) is 11.3 Å². The van der Waals surface area contributed by atoms with Crippen LogP contribution in [0, 0.1) is 5.92 Å². The molecule has 2 rings (SSSR count). The summed E-state index contributed by atoms with van der Waals surface area (Å²) in [6.07, 6.45) is 5.38. The lowest BCUT2D eigenvalue weighted by molar-refractivity contribution is -0.131. The Bertz CT molecular complexity index is 456. The van der Waals surface area contributed by atoms with Gasteiger partial charge in [-0.15, -0.1) is 0 Å². The third-order valence-electron chi connectivity index (χ3n) is 3.93. The lowest BCUT2D eigenvalue weighted by Crippen LogP contribution is -2.27. The minimum absolute atomic E-state index is 0.133. The van der Waals surface area contributed by atoms with Gasteiger partial charge in [-0.3, -0.25) is 4.79 Å². The highest BCUT2D eigenvalue weighted by atomic mass is 19.3. The summed E-state index contributed by atoms with van der Waals surface area (Å²) in [6.45, 7) is -2.33. The molecule has 0 heterocycles. The van der Waals surface area contributed by atoms with Gasteiger partial charge in [-0.25, -0.2) is 0 Å². The summed E-state index contributed by atoms with van der Waals surface area (Å²) >= 11 is 0. The zero-order valence-electron chi connectivity index (χ0n) is 12.2. The summed E-state index contributed by atoms with van der Waals surface area (Å²) in [5, 5.41) is 0. The molecule has 1 saturated carbocycles. The number of rotatable bonds is 6. The zero-order valence-corrected chi connectivity index (χ0v) is 12.2. The van der Waals surface area contributed by atoms with Crippen molar-refractivity contribution in [2.45, 2.75) is 45.3 Å². The molecule has 1 amide bonds. The van der Waals surface area contributed by atoms with Crippen molar-refractivity contribution in [3.05, 3.63) is 29.8 Å². The molecule has 116 valence electrons. The van der Waals surface area contributed by atoms with Gasteiger partial charge in [-0.2, -0.15) is 8.78 Å². The van der Waals surface area contributed by atoms with Crippen molar-refractivity contribution in [1.29, 1.82) is 0 Å². The van der Waals surface area contributed by atoms with Crippen molar-refractivity contribution in [1.82, 2.24) is 4.90 Å². The van der Waals surface area contributed by atoms with Crippen molar-refractivity contribution < 1.29 is 18.3 Å². The molecular formula is C16H21F2NO2. The monoisotopic (exact) mass is 297 g/mol. The van der Waals surface area contributed by atoms with Crippen LogP contribution in [-0.4, -0.2) is 24.5 Å². The fourth-order valence-electron chi connectivity index (χ4n) is 2.76. The van der Waals surface area contributed by atoms with Crippen molar-refractivity contribution in [3.63, 3.8) is 0 Å². The molecule has 1 fully saturated rings. The molecule has 0 spiro atoms. The molecule has 1 aromatic rings. The Balaban J connectivity index is 1.83. The number of carbonyl (C=O) groups excluding carboxylic acids is 1. The van der Waals surface area contributed by atoms with Crippen LogP contribution in [0.4, 0.5) is 8.78 Å². The zero-order chi connectivity index (χ0) is 15.2. The van der Waals surface area contributed by atoms with Crippen molar-refractivity contribution in [3.8, 4) is 5.75 Å². The van der Waals surface area contributed by atoms with Crippen LogP contribution in [0.2, 0.25) is 0 Å². The molecule has 1 aliphatic rings. The van der Waals surface area contributed by atoms with Crippen LogP contribution in [0.3, 0.4) is 0 Å². The maximum absolute atomic E-state index is 12.1. The lowest BCUT2D eigenvalue weighted by atomic mass is 10.0. The van der Waals surface area contributed by atoms with Crippen molar-refractivity contribution in [2.75, 3.05) is 7.05 Å². The van der Waals surface area contributed by atoms with Gasteiger partial charge in [0, 0.05) is 20.0 Å². The summed E-state index contributed by atoms with van der Waals surface area (Å²) in [5.41, 5.74) is 0.902. The molecule has 21 heavy (non-hydrogen) atoms. The minimum Gasteiger partial charge on any atom is -0.435 e. The van der Waals surface area contributed by atoms with Crippen LogP contribution in [0.25, 0.3) is 0 Å². The quantitative estimate of drug-likeness (QED) is 0.798. The van der Waals surface area contributed by atoms with E-state index in [-0.39, 0.29) is 11.7 Å². The van der Waals surface area contributed by atoms with E-state index in [1.165, 1.54) is 25.0 Å². The second-order valence-electron chi connectivity index (χ2n) is 5.63. The van der Waals surface area contributed by atoms with Gasteiger partial charge in [0.15, 0.2) is 0 Å². The van der Waals surface area contributed by atoms with Gasteiger partial charge in [-0.05, 0) is 36.5 Å². The summed E-state index contributed by atoms with van der Waals surface area (Å²) in [5.74, 6) is 0.810. The number of hydrogen-bond donors (Lipinski definition) is 0. The molecule has 1 aromatic carbocycles. The van der Waals surface area contributed by atoms with E-state index in [1.807, 2.05) is 0 Å². The molecule has 0 atom stereocenters. The standard InChI is InChI=1S/C16H21F2NO2/c1-19(15(20)10-12-4-2-3-5-12)11-13-6-8-14(9-7-13)21-16(17)18/h6-9,12,16H,2-5,10-11H2,1H3. The van der Waals surface area contributed by atoms with E-state index in [4.69, 9.17) is 0 Å². The first-order valence-electron chi connectivity index (χ1n) is 7.32. The first kappa shape index (κ1) is 15.7. The summed E-state index contributed by atoms with van der Waals surface area (Å²) < 4.78 is 28.4. The van der Waals surface area contributed by atoms with Crippen LogP contribution in [0.5, 0.6) is 5.75 Å². The molecule has 0 aromatic heterocycles. The number of halogens is 2. The second kappa shape index (κ2) is 7.38.